The summed E-state index contributed by atoms with van der Waals surface area (Å²) in [4.78, 5) is 12.5. The van der Waals surface area contributed by atoms with E-state index in [2.05, 4.69) is 31.3 Å². The zero-order chi connectivity index (χ0) is 20.2. The molecule has 0 heterocycles. The van der Waals surface area contributed by atoms with Crippen LogP contribution in [0.15, 0.2) is 48.5 Å². The Bertz CT molecular complexity index is 890. The topological polar surface area (TPSA) is 66.5 Å². The van der Waals surface area contributed by atoms with Crippen LogP contribution < -0.4 is 9.62 Å². The average molecular weight is 389 g/mol. The molecule has 1 amide bonds. The minimum Gasteiger partial charge on any atom is -0.348 e. The van der Waals surface area contributed by atoms with Crippen LogP contribution in [0.4, 0.5) is 5.69 Å². The smallest absolute Gasteiger partial charge is 0.241 e. The van der Waals surface area contributed by atoms with Gasteiger partial charge in [-0.15, -0.1) is 0 Å². The van der Waals surface area contributed by atoms with E-state index in [1.807, 2.05) is 38.1 Å². The fourth-order valence-electron chi connectivity index (χ4n) is 2.89. The van der Waals surface area contributed by atoms with Crippen LogP contribution in [-0.4, -0.2) is 27.1 Å². The number of carbonyl (C=O) groups excluding carboxylic acids is 1. The highest BCUT2D eigenvalue weighted by Crippen LogP contribution is 2.22. The van der Waals surface area contributed by atoms with Crippen molar-refractivity contribution >= 4 is 21.6 Å². The molecule has 6 heteroatoms. The number of carbonyl (C=O) groups is 1. The maximum Gasteiger partial charge on any atom is 0.241 e. The maximum atomic E-state index is 12.5. The van der Waals surface area contributed by atoms with Gasteiger partial charge in [-0.05, 0) is 42.5 Å². The van der Waals surface area contributed by atoms with Crippen molar-refractivity contribution in [3.8, 4) is 0 Å². The number of rotatable bonds is 7. The van der Waals surface area contributed by atoms with E-state index < -0.39 is 10.0 Å². The largest absolute Gasteiger partial charge is 0.348 e. The van der Waals surface area contributed by atoms with E-state index in [1.165, 1.54) is 5.56 Å². The Morgan fingerprint density at radius 1 is 1.00 bits per heavy atom. The number of benzene rings is 2. The summed E-state index contributed by atoms with van der Waals surface area (Å²) in [6, 6.07) is 15.0. The Morgan fingerprint density at radius 2 is 1.56 bits per heavy atom. The molecular weight excluding hydrogens is 360 g/mol. The van der Waals surface area contributed by atoms with Gasteiger partial charge in [-0.2, -0.15) is 0 Å². The molecule has 1 N–H and O–H groups in total. The van der Waals surface area contributed by atoms with Crippen molar-refractivity contribution < 1.29 is 13.2 Å². The highest BCUT2D eigenvalue weighted by atomic mass is 32.2. The SMILES string of the molecule is Cc1ccccc1N(CC(=O)N[C@@H](C)c1ccc(C(C)C)cc1)S(C)(=O)=O. The summed E-state index contributed by atoms with van der Waals surface area (Å²) in [5, 5.41) is 2.89. The zero-order valence-electron chi connectivity index (χ0n) is 16.6. The van der Waals surface area contributed by atoms with Gasteiger partial charge < -0.3 is 5.32 Å². The molecule has 0 aliphatic carbocycles. The fourth-order valence-corrected chi connectivity index (χ4v) is 3.81. The molecule has 0 saturated heterocycles. The predicted molar refractivity (Wildman–Crippen MR) is 110 cm³/mol. The minimum atomic E-state index is -3.58. The minimum absolute atomic E-state index is 0.211. The molecule has 2 aromatic carbocycles. The van der Waals surface area contributed by atoms with Crippen molar-refractivity contribution in [1.82, 2.24) is 5.32 Å². The van der Waals surface area contributed by atoms with E-state index in [-0.39, 0.29) is 18.5 Å². The van der Waals surface area contributed by atoms with Crippen molar-refractivity contribution in [3.05, 3.63) is 65.2 Å². The van der Waals surface area contributed by atoms with Crippen LogP contribution in [0, 0.1) is 6.92 Å². The third-order valence-electron chi connectivity index (χ3n) is 4.55. The molecule has 2 aromatic rings. The van der Waals surface area contributed by atoms with E-state index in [0.717, 1.165) is 21.7 Å². The third-order valence-corrected chi connectivity index (χ3v) is 5.68. The molecule has 0 saturated carbocycles. The van der Waals surface area contributed by atoms with Crippen LogP contribution in [-0.2, 0) is 14.8 Å². The van der Waals surface area contributed by atoms with Crippen molar-refractivity contribution in [2.24, 2.45) is 0 Å². The molecule has 0 fully saturated rings. The highest BCUT2D eigenvalue weighted by molar-refractivity contribution is 7.92. The Morgan fingerprint density at radius 3 is 2.07 bits per heavy atom. The first-order chi connectivity index (χ1) is 12.6. The number of anilines is 1. The van der Waals surface area contributed by atoms with Gasteiger partial charge in [0.2, 0.25) is 15.9 Å². The molecule has 0 unspecified atom stereocenters. The molecule has 1 atom stereocenters. The number of sulfonamides is 1. The van der Waals surface area contributed by atoms with Crippen LogP contribution in [0.25, 0.3) is 0 Å². The summed E-state index contributed by atoms with van der Waals surface area (Å²) >= 11 is 0. The van der Waals surface area contributed by atoms with Gasteiger partial charge in [-0.25, -0.2) is 8.42 Å². The first kappa shape index (κ1) is 21.0. The predicted octanol–water partition coefficient (Wildman–Crippen LogP) is 3.76. The van der Waals surface area contributed by atoms with Crippen molar-refractivity contribution in [2.75, 3.05) is 17.1 Å². The first-order valence-electron chi connectivity index (χ1n) is 9.02. The first-order valence-corrected chi connectivity index (χ1v) is 10.9. The standard InChI is InChI=1S/C21H28N2O3S/c1-15(2)18-10-12-19(13-11-18)17(4)22-21(24)14-23(27(5,25)26)20-9-7-6-8-16(20)3/h6-13,15,17H,14H2,1-5H3,(H,22,24)/t17-/m0/s1. The van der Waals surface area contributed by atoms with Crippen molar-refractivity contribution in [1.29, 1.82) is 0 Å². The number of hydrogen-bond acceptors (Lipinski definition) is 3. The lowest BCUT2D eigenvalue weighted by atomic mass is 9.99. The number of aryl methyl sites for hydroxylation is 1. The number of amides is 1. The summed E-state index contributed by atoms with van der Waals surface area (Å²) in [6.07, 6.45) is 1.11. The lowest BCUT2D eigenvalue weighted by Crippen LogP contribution is -2.41. The van der Waals surface area contributed by atoms with Crippen molar-refractivity contribution in [2.45, 2.75) is 39.7 Å². The fraction of sp³-hybridized carbons (Fsp3) is 0.381. The van der Waals surface area contributed by atoms with E-state index in [4.69, 9.17) is 0 Å². The van der Waals surface area contributed by atoms with Gasteiger partial charge in [0.05, 0.1) is 18.0 Å². The molecule has 0 spiro atoms. The van der Waals surface area contributed by atoms with E-state index in [1.54, 1.807) is 12.1 Å². The second-order valence-corrected chi connectivity index (χ2v) is 9.07. The van der Waals surface area contributed by atoms with Gasteiger partial charge in [0.1, 0.15) is 6.54 Å². The normalized spacial score (nSPS) is 12.7. The molecular formula is C21H28N2O3S. The van der Waals surface area contributed by atoms with Crippen LogP contribution in [0.1, 0.15) is 49.4 Å². The number of nitrogens with one attached hydrogen (secondary N) is 1. The van der Waals surface area contributed by atoms with Gasteiger partial charge in [0, 0.05) is 0 Å². The zero-order valence-corrected chi connectivity index (χ0v) is 17.4. The van der Waals surface area contributed by atoms with Crippen LogP contribution in [0.2, 0.25) is 0 Å². The molecule has 146 valence electrons. The molecule has 27 heavy (non-hydrogen) atoms. The lowest BCUT2D eigenvalue weighted by Gasteiger charge is -2.24. The summed E-state index contributed by atoms with van der Waals surface area (Å²) < 4.78 is 25.6. The van der Waals surface area contributed by atoms with Gasteiger partial charge in [-0.3, -0.25) is 9.10 Å². The molecule has 0 aliphatic heterocycles. The van der Waals surface area contributed by atoms with Gasteiger partial charge in [0.25, 0.3) is 0 Å². The van der Waals surface area contributed by atoms with Crippen LogP contribution in [0.5, 0.6) is 0 Å². The number of hydrogen-bond donors (Lipinski definition) is 1. The van der Waals surface area contributed by atoms with Gasteiger partial charge in [-0.1, -0.05) is 56.3 Å². The molecule has 2 rings (SSSR count). The molecule has 0 aromatic heterocycles. The Hall–Kier alpha value is -2.34. The van der Waals surface area contributed by atoms with Crippen LogP contribution in [0.3, 0.4) is 0 Å². The summed E-state index contributed by atoms with van der Waals surface area (Å²) in [5.74, 6) is 0.102. The maximum absolute atomic E-state index is 12.5. The van der Waals surface area contributed by atoms with E-state index in [9.17, 15) is 13.2 Å². The van der Waals surface area contributed by atoms with Gasteiger partial charge >= 0.3 is 0 Å². The Kier molecular flexibility index (Phi) is 6.65. The number of para-hydroxylation sites is 1. The average Bonchev–Trinajstić information content (AvgIpc) is 2.59. The second kappa shape index (κ2) is 8.57. The Balaban J connectivity index is 2.13. The molecule has 0 aliphatic rings. The van der Waals surface area contributed by atoms with E-state index >= 15 is 0 Å². The quantitative estimate of drug-likeness (QED) is 0.785. The molecule has 5 nitrogen and oxygen atoms in total. The van der Waals surface area contributed by atoms with E-state index in [0.29, 0.717) is 11.6 Å². The van der Waals surface area contributed by atoms with Gasteiger partial charge in [0.15, 0.2) is 0 Å². The number of nitrogens with zero attached hydrogens (tertiary/aromatic N) is 1. The molecule has 0 radical (unpaired) electrons. The lowest BCUT2D eigenvalue weighted by molar-refractivity contribution is -0.120. The molecule has 0 bridgehead atoms. The summed E-state index contributed by atoms with van der Waals surface area (Å²) in [6.45, 7) is 7.72. The van der Waals surface area contributed by atoms with Crippen molar-refractivity contribution in [3.63, 3.8) is 0 Å². The summed E-state index contributed by atoms with van der Waals surface area (Å²) in [7, 11) is -3.58. The third kappa shape index (κ3) is 5.57. The second-order valence-electron chi connectivity index (χ2n) is 7.17. The summed E-state index contributed by atoms with van der Waals surface area (Å²) in [5.41, 5.74) is 3.53. The monoisotopic (exact) mass is 388 g/mol. The van der Waals surface area contributed by atoms with Crippen LogP contribution >= 0.6 is 0 Å². The Labute approximate surface area is 162 Å². The highest BCUT2D eigenvalue weighted by Gasteiger charge is 2.23.